The predicted octanol–water partition coefficient (Wildman–Crippen LogP) is 1.40. The van der Waals surface area contributed by atoms with E-state index < -0.39 is 11.9 Å². The quantitative estimate of drug-likeness (QED) is 0.819. The minimum Gasteiger partial charge on any atom is -0.481 e. The Morgan fingerprint density at radius 3 is 2.83 bits per heavy atom. The van der Waals surface area contributed by atoms with Gasteiger partial charge in [-0.2, -0.15) is 0 Å². The van der Waals surface area contributed by atoms with Crippen LogP contribution in [0, 0.1) is 5.92 Å². The molecule has 7 heteroatoms. The summed E-state index contributed by atoms with van der Waals surface area (Å²) in [6.45, 7) is 2.34. The second kappa shape index (κ2) is 6.95. The van der Waals surface area contributed by atoms with Gasteiger partial charge in [0.15, 0.2) is 0 Å². The molecule has 1 heterocycles. The van der Waals surface area contributed by atoms with E-state index in [9.17, 15) is 9.59 Å². The van der Waals surface area contributed by atoms with Gasteiger partial charge >= 0.3 is 12.0 Å². The van der Waals surface area contributed by atoms with Crippen LogP contribution in [0.4, 0.5) is 4.79 Å². The van der Waals surface area contributed by atoms with Crippen LogP contribution in [-0.2, 0) is 11.3 Å². The summed E-state index contributed by atoms with van der Waals surface area (Å²) in [6, 6.07) is -0.289. The van der Waals surface area contributed by atoms with E-state index in [1.807, 2.05) is 5.38 Å². The number of urea groups is 1. The molecule has 0 spiro atoms. The van der Waals surface area contributed by atoms with Crippen LogP contribution in [0.2, 0.25) is 0 Å². The molecule has 1 unspecified atom stereocenters. The van der Waals surface area contributed by atoms with E-state index in [0.717, 1.165) is 5.69 Å². The Hall–Kier alpha value is -1.63. The lowest BCUT2D eigenvalue weighted by molar-refractivity contribution is -0.141. The summed E-state index contributed by atoms with van der Waals surface area (Å²) in [4.78, 5) is 28.1. The van der Waals surface area contributed by atoms with Gasteiger partial charge < -0.3 is 15.3 Å². The number of carbonyl (C=O) groups excluding carboxylic acids is 1. The lowest BCUT2D eigenvalue weighted by atomic mass is 10.1. The Kier molecular flexibility index (Phi) is 5.57. The van der Waals surface area contributed by atoms with Crippen LogP contribution in [0.15, 0.2) is 10.9 Å². The van der Waals surface area contributed by atoms with Gasteiger partial charge in [0.25, 0.3) is 0 Å². The molecule has 1 rings (SSSR count). The molecular formula is C11H17N3O3S. The number of aliphatic carboxylic acids is 1. The van der Waals surface area contributed by atoms with Crippen molar-refractivity contribution < 1.29 is 14.7 Å². The second-order valence-electron chi connectivity index (χ2n) is 3.97. The Morgan fingerprint density at radius 1 is 1.61 bits per heavy atom. The number of carboxylic acid groups (broad SMARTS) is 1. The highest BCUT2D eigenvalue weighted by Crippen LogP contribution is 2.05. The zero-order valence-corrected chi connectivity index (χ0v) is 11.2. The first-order valence-electron chi connectivity index (χ1n) is 5.63. The molecule has 2 N–H and O–H groups in total. The summed E-state index contributed by atoms with van der Waals surface area (Å²) in [5, 5.41) is 13.3. The minimum absolute atomic E-state index is 0.145. The second-order valence-corrected chi connectivity index (χ2v) is 4.68. The molecule has 100 valence electrons. The van der Waals surface area contributed by atoms with Crippen molar-refractivity contribution in [3.8, 4) is 0 Å². The Bertz CT molecular complexity index is 394. The van der Waals surface area contributed by atoms with E-state index in [4.69, 9.17) is 5.11 Å². The van der Waals surface area contributed by atoms with E-state index >= 15 is 0 Å². The van der Waals surface area contributed by atoms with Gasteiger partial charge in [0.2, 0.25) is 0 Å². The van der Waals surface area contributed by atoms with Crippen molar-refractivity contribution >= 4 is 23.3 Å². The Morgan fingerprint density at radius 2 is 2.33 bits per heavy atom. The summed E-state index contributed by atoms with van der Waals surface area (Å²) in [7, 11) is 1.65. The topological polar surface area (TPSA) is 82.5 Å². The van der Waals surface area contributed by atoms with Crippen LogP contribution < -0.4 is 5.32 Å². The van der Waals surface area contributed by atoms with E-state index in [2.05, 4.69) is 10.3 Å². The number of hydrogen-bond donors (Lipinski definition) is 2. The highest BCUT2D eigenvalue weighted by atomic mass is 32.1. The van der Waals surface area contributed by atoms with Crippen molar-refractivity contribution in [2.24, 2.45) is 5.92 Å². The molecule has 0 saturated carbocycles. The molecular weight excluding hydrogens is 254 g/mol. The maximum atomic E-state index is 11.7. The van der Waals surface area contributed by atoms with Gasteiger partial charge in [-0.05, 0) is 6.42 Å². The lowest BCUT2D eigenvalue weighted by Crippen LogP contribution is -2.40. The van der Waals surface area contributed by atoms with Gasteiger partial charge in [-0.3, -0.25) is 4.79 Å². The lowest BCUT2D eigenvalue weighted by Gasteiger charge is -2.18. The number of nitrogens with zero attached hydrogens (tertiary/aromatic N) is 2. The molecule has 0 saturated heterocycles. The van der Waals surface area contributed by atoms with E-state index in [1.165, 1.54) is 16.2 Å². The van der Waals surface area contributed by atoms with Crippen LogP contribution in [0.3, 0.4) is 0 Å². The first-order chi connectivity index (χ1) is 8.54. The van der Waals surface area contributed by atoms with Crippen molar-refractivity contribution in [3.05, 3.63) is 16.6 Å². The third-order valence-corrected chi connectivity index (χ3v) is 3.21. The number of hydrogen-bond acceptors (Lipinski definition) is 4. The molecule has 1 aromatic heterocycles. The van der Waals surface area contributed by atoms with Crippen molar-refractivity contribution in [2.75, 3.05) is 13.6 Å². The van der Waals surface area contributed by atoms with E-state index in [-0.39, 0.29) is 12.6 Å². The van der Waals surface area contributed by atoms with Crippen LogP contribution in [0.5, 0.6) is 0 Å². The average Bonchev–Trinajstić information content (AvgIpc) is 2.81. The highest BCUT2D eigenvalue weighted by molar-refractivity contribution is 7.07. The number of nitrogens with one attached hydrogen (secondary N) is 1. The summed E-state index contributed by atoms with van der Waals surface area (Å²) in [5.74, 6) is -1.43. The van der Waals surface area contributed by atoms with Crippen LogP contribution in [0.1, 0.15) is 19.0 Å². The van der Waals surface area contributed by atoms with Crippen LogP contribution >= 0.6 is 11.3 Å². The SMILES string of the molecule is CCC(CNC(=O)N(C)Cc1cscn1)C(=O)O. The van der Waals surface area contributed by atoms with Gasteiger partial charge in [0.05, 0.1) is 23.7 Å². The number of thiazole rings is 1. The summed E-state index contributed by atoms with van der Waals surface area (Å²) in [5.41, 5.74) is 2.53. The zero-order valence-electron chi connectivity index (χ0n) is 10.4. The highest BCUT2D eigenvalue weighted by Gasteiger charge is 2.17. The zero-order chi connectivity index (χ0) is 13.5. The molecule has 1 aromatic rings. The number of amides is 2. The molecule has 2 amide bonds. The van der Waals surface area contributed by atoms with Crippen LogP contribution in [0.25, 0.3) is 0 Å². The summed E-state index contributed by atoms with van der Waals surface area (Å²) < 4.78 is 0. The largest absolute Gasteiger partial charge is 0.481 e. The third kappa shape index (κ3) is 4.33. The maximum absolute atomic E-state index is 11.7. The van der Waals surface area contributed by atoms with Crippen molar-refractivity contribution in [1.82, 2.24) is 15.2 Å². The molecule has 0 bridgehead atoms. The number of aromatic nitrogens is 1. The minimum atomic E-state index is -0.889. The molecule has 0 aliphatic heterocycles. The normalized spacial score (nSPS) is 11.9. The molecule has 6 nitrogen and oxygen atoms in total. The van der Waals surface area contributed by atoms with Crippen molar-refractivity contribution in [1.29, 1.82) is 0 Å². The van der Waals surface area contributed by atoms with E-state index in [1.54, 1.807) is 19.5 Å². The number of rotatable bonds is 6. The fourth-order valence-electron chi connectivity index (χ4n) is 1.38. The molecule has 0 radical (unpaired) electrons. The molecule has 18 heavy (non-hydrogen) atoms. The Labute approximate surface area is 110 Å². The van der Waals surface area contributed by atoms with Gasteiger partial charge in [0.1, 0.15) is 0 Å². The van der Waals surface area contributed by atoms with Gasteiger partial charge in [-0.1, -0.05) is 6.92 Å². The standard InChI is InChI=1S/C11H17N3O3S/c1-3-8(10(15)16)4-12-11(17)14(2)5-9-6-18-7-13-9/h6-8H,3-5H2,1-2H3,(H,12,17)(H,15,16). The van der Waals surface area contributed by atoms with E-state index in [0.29, 0.717) is 13.0 Å². The number of carbonyl (C=O) groups is 2. The monoisotopic (exact) mass is 271 g/mol. The third-order valence-electron chi connectivity index (χ3n) is 2.57. The smallest absolute Gasteiger partial charge is 0.317 e. The molecule has 0 aliphatic rings. The van der Waals surface area contributed by atoms with Gasteiger partial charge in [0, 0.05) is 19.0 Å². The first kappa shape index (κ1) is 14.4. The number of carboxylic acids is 1. The van der Waals surface area contributed by atoms with Crippen molar-refractivity contribution in [3.63, 3.8) is 0 Å². The molecule has 0 fully saturated rings. The molecule has 1 atom stereocenters. The predicted molar refractivity (Wildman–Crippen MR) is 68.4 cm³/mol. The molecule has 0 aliphatic carbocycles. The fraction of sp³-hybridized carbons (Fsp3) is 0.545. The summed E-state index contributed by atoms with van der Waals surface area (Å²) in [6.07, 6.45) is 0.491. The summed E-state index contributed by atoms with van der Waals surface area (Å²) >= 11 is 1.47. The fourth-order valence-corrected chi connectivity index (χ4v) is 1.93. The maximum Gasteiger partial charge on any atom is 0.317 e. The van der Waals surface area contributed by atoms with Crippen LogP contribution in [-0.4, -0.2) is 40.6 Å². The molecule has 0 aromatic carbocycles. The average molecular weight is 271 g/mol. The first-order valence-corrected chi connectivity index (χ1v) is 6.57. The van der Waals surface area contributed by atoms with Gasteiger partial charge in [-0.25, -0.2) is 9.78 Å². The van der Waals surface area contributed by atoms with Crippen molar-refractivity contribution in [2.45, 2.75) is 19.9 Å². The Balaban J connectivity index is 2.38. The van der Waals surface area contributed by atoms with Gasteiger partial charge in [-0.15, -0.1) is 11.3 Å².